The summed E-state index contributed by atoms with van der Waals surface area (Å²) in [6.07, 6.45) is 0.947. The Kier molecular flexibility index (Phi) is 9.57. The zero-order chi connectivity index (χ0) is 15.6. The van der Waals surface area contributed by atoms with Crippen LogP contribution in [0.3, 0.4) is 0 Å². The van der Waals surface area contributed by atoms with Gasteiger partial charge >= 0.3 is 14.5 Å². The van der Waals surface area contributed by atoms with Gasteiger partial charge in [0.15, 0.2) is 0 Å². The Morgan fingerprint density at radius 3 is 2.05 bits per heavy atom. The van der Waals surface area contributed by atoms with Gasteiger partial charge in [0, 0.05) is 13.2 Å². The fraction of sp³-hybridized carbons (Fsp3) is 0.923. The highest BCUT2D eigenvalue weighted by Crippen LogP contribution is 2.15. The van der Waals surface area contributed by atoms with E-state index in [2.05, 4.69) is 11.9 Å². The summed E-state index contributed by atoms with van der Waals surface area (Å²) in [5.41, 5.74) is 0. The third kappa shape index (κ3) is 10.6. The van der Waals surface area contributed by atoms with E-state index in [9.17, 15) is 4.79 Å². The van der Waals surface area contributed by atoms with Gasteiger partial charge in [-0.1, -0.05) is 0 Å². The van der Waals surface area contributed by atoms with Gasteiger partial charge in [-0.25, -0.2) is 0 Å². The summed E-state index contributed by atoms with van der Waals surface area (Å²) >= 11 is 0. The third-order valence-electron chi connectivity index (χ3n) is 2.57. The molecule has 0 amide bonds. The van der Waals surface area contributed by atoms with Crippen LogP contribution in [0.5, 0.6) is 0 Å². The van der Waals surface area contributed by atoms with E-state index in [1.807, 2.05) is 33.5 Å². The lowest BCUT2D eigenvalue weighted by atomic mass is 10.5. The molecule has 0 aromatic carbocycles. The van der Waals surface area contributed by atoms with Gasteiger partial charge in [0.25, 0.3) is 0 Å². The van der Waals surface area contributed by atoms with Crippen LogP contribution in [0.1, 0.15) is 20.3 Å². The van der Waals surface area contributed by atoms with Crippen LogP contribution in [0.15, 0.2) is 0 Å². The zero-order valence-corrected chi connectivity index (χ0v) is 15.9. The molecule has 0 radical (unpaired) electrons. The summed E-state index contributed by atoms with van der Waals surface area (Å²) in [6, 6.07) is 0.935. The second-order valence-corrected chi connectivity index (χ2v) is 13.6. The molecule has 0 spiro atoms. The molecule has 1 N–H and O–H groups in total. The maximum Gasteiger partial charge on any atom is 0.334 e. The molecule has 0 saturated carbocycles. The van der Waals surface area contributed by atoms with E-state index in [-0.39, 0.29) is 12.5 Å². The summed E-state index contributed by atoms with van der Waals surface area (Å²) in [5, 5.41) is 3.12. The first-order valence-corrected chi connectivity index (χ1v) is 13.4. The minimum Gasteiger partial charge on any atom is -0.519 e. The van der Waals surface area contributed by atoms with Crippen molar-refractivity contribution in [2.45, 2.75) is 52.5 Å². The Balaban J connectivity index is 3.81. The lowest BCUT2D eigenvalue weighted by Crippen LogP contribution is -2.40. The number of nitrogens with one attached hydrogen (secondary N) is 1. The molecule has 0 aromatic heterocycles. The predicted molar refractivity (Wildman–Crippen MR) is 86.6 cm³/mol. The van der Waals surface area contributed by atoms with E-state index < -0.39 is 16.9 Å². The molecule has 120 valence electrons. The van der Waals surface area contributed by atoms with Crippen molar-refractivity contribution in [3.05, 3.63) is 0 Å². The molecule has 0 unspecified atom stereocenters. The second kappa shape index (κ2) is 9.67. The minimum atomic E-state index is -2.01. The molecule has 20 heavy (non-hydrogen) atoms. The van der Waals surface area contributed by atoms with Crippen molar-refractivity contribution in [1.82, 2.24) is 5.32 Å². The summed E-state index contributed by atoms with van der Waals surface area (Å²) in [5.74, 6) is -0.154. The van der Waals surface area contributed by atoms with Gasteiger partial charge in [0.1, 0.15) is 0 Å². The largest absolute Gasteiger partial charge is 0.519 e. The Bertz CT molecular complexity index is 276. The van der Waals surface area contributed by atoms with Crippen LogP contribution in [0, 0.1) is 0 Å². The van der Waals surface area contributed by atoms with E-state index in [4.69, 9.17) is 13.3 Å². The van der Waals surface area contributed by atoms with Crippen molar-refractivity contribution < 1.29 is 18.1 Å². The minimum absolute atomic E-state index is 0.154. The zero-order valence-electron chi connectivity index (χ0n) is 13.9. The topological polar surface area (TPSA) is 56.8 Å². The number of carbonyl (C=O) groups is 1. The SMILES string of the molecule is CCO[Si](C)(CCCNCC(=O)O[Si](C)(C)C)OCC. The monoisotopic (exact) mass is 321 g/mol. The van der Waals surface area contributed by atoms with Crippen LogP contribution in [0.4, 0.5) is 0 Å². The van der Waals surface area contributed by atoms with Crippen LogP contribution in [0.2, 0.25) is 32.2 Å². The maximum absolute atomic E-state index is 11.5. The molecule has 0 aliphatic carbocycles. The fourth-order valence-electron chi connectivity index (χ4n) is 1.90. The highest BCUT2D eigenvalue weighted by Gasteiger charge is 2.29. The van der Waals surface area contributed by atoms with E-state index in [0.717, 1.165) is 19.0 Å². The van der Waals surface area contributed by atoms with Crippen LogP contribution in [-0.2, 0) is 18.1 Å². The first kappa shape index (κ1) is 19.8. The van der Waals surface area contributed by atoms with Crippen molar-refractivity contribution in [3.63, 3.8) is 0 Å². The van der Waals surface area contributed by atoms with Gasteiger partial charge in [-0.3, -0.25) is 4.79 Å². The van der Waals surface area contributed by atoms with Crippen molar-refractivity contribution in [3.8, 4) is 0 Å². The van der Waals surface area contributed by atoms with Crippen molar-refractivity contribution in [1.29, 1.82) is 0 Å². The Morgan fingerprint density at radius 1 is 1.05 bits per heavy atom. The number of hydrogen-bond donors (Lipinski definition) is 1. The molecule has 0 aliphatic rings. The van der Waals surface area contributed by atoms with Gasteiger partial charge in [0.05, 0.1) is 6.54 Å². The van der Waals surface area contributed by atoms with Crippen molar-refractivity contribution >= 4 is 22.8 Å². The first-order valence-electron chi connectivity index (χ1n) is 7.43. The van der Waals surface area contributed by atoms with E-state index in [1.54, 1.807) is 0 Å². The van der Waals surface area contributed by atoms with Gasteiger partial charge in [-0.15, -0.1) is 0 Å². The smallest absolute Gasteiger partial charge is 0.334 e. The van der Waals surface area contributed by atoms with Crippen LogP contribution < -0.4 is 5.32 Å². The molecule has 5 nitrogen and oxygen atoms in total. The highest BCUT2D eigenvalue weighted by atomic mass is 28.4. The molecule has 0 saturated heterocycles. The summed E-state index contributed by atoms with van der Waals surface area (Å²) in [7, 11) is -3.78. The standard InChI is InChI=1S/C13H31NO4Si2/c1-7-16-20(6,17-8-2)11-9-10-14-12-13(15)18-19(3,4)5/h14H,7-12H2,1-6H3. The molecule has 0 atom stereocenters. The van der Waals surface area contributed by atoms with Gasteiger partial charge < -0.3 is 18.6 Å². The van der Waals surface area contributed by atoms with Crippen LogP contribution in [0.25, 0.3) is 0 Å². The van der Waals surface area contributed by atoms with Crippen molar-refractivity contribution in [2.75, 3.05) is 26.3 Å². The summed E-state index contributed by atoms with van der Waals surface area (Å²) in [6.45, 7) is 14.6. The highest BCUT2D eigenvalue weighted by molar-refractivity contribution is 6.71. The number of carbonyl (C=O) groups excluding carboxylic acids is 1. The average Bonchev–Trinajstić information content (AvgIpc) is 2.26. The number of rotatable bonds is 11. The molecular formula is C13H31NO4Si2. The lowest BCUT2D eigenvalue weighted by Gasteiger charge is -2.25. The van der Waals surface area contributed by atoms with Gasteiger partial charge in [-0.05, 0) is 59.0 Å². The normalized spacial score (nSPS) is 12.5. The van der Waals surface area contributed by atoms with Crippen LogP contribution in [-0.4, -0.2) is 49.2 Å². The maximum atomic E-state index is 11.5. The van der Waals surface area contributed by atoms with Crippen molar-refractivity contribution in [2.24, 2.45) is 0 Å². The molecule has 0 rings (SSSR count). The quantitative estimate of drug-likeness (QED) is 0.468. The second-order valence-electron chi connectivity index (χ2n) is 5.87. The van der Waals surface area contributed by atoms with Crippen LogP contribution >= 0.6 is 0 Å². The molecule has 0 fully saturated rings. The summed E-state index contributed by atoms with van der Waals surface area (Å²) < 4.78 is 16.9. The van der Waals surface area contributed by atoms with Gasteiger partial charge in [0.2, 0.25) is 8.32 Å². The molecule has 0 heterocycles. The number of hydrogen-bond acceptors (Lipinski definition) is 5. The Hall–Kier alpha value is -0.216. The van der Waals surface area contributed by atoms with E-state index in [1.165, 1.54) is 0 Å². The average molecular weight is 322 g/mol. The first-order chi connectivity index (χ1) is 9.22. The molecule has 0 bridgehead atoms. The molecule has 0 aliphatic heterocycles. The summed E-state index contributed by atoms with van der Waals surface area (Å²) in [4.78, 5) is 11.5. The third-order valence-corrected chi connectivity index (χ3v) is 6.47. The molecular weight excluding hydrogens is 290 g/mol. The Morgan fingerprint density at radius 2 is 1.60 bits per heavy atom. The van der Waals surface area contributed by atoms with E-state index in [0.29, 0.717) is 13.2 Å². The fourth-order valence-corrected chi connectivity index (χ4v) is 5.07. The Labute approximate surface area is 125 Å². The molecule has 0 aromatic rings. The van der Waals surface area contributed by atoms with E-state index >= 15 is 0 Å². The molecule has 7 heteroatoms. The predicted octanol–water partition coefficient (Wildman–Crippen LogP) is 2.49. The van der Waals surface area contributed by atoms with Gasteiger partial charge in [-0.2, -0.15) is 0 Å². The lowest BCUT2D eigenvalue weighted by molar-refractivity contribution is -0.134.